The standard InChI is InChI=1S/C9H10O2/c1-6-4-3-5-8(7(6)2)9(10)11/h3-5H,1-2H3,(H,10,11)/p-1. The lowest BCUT2D eigenvalue weighted by Gasteiger charge is -2.07. The maximum absolute atomic E-state index is 10.5. The van der Waals surface area contributed by atoms with E-state index in [9.17, 15) is 9.90 Å². The van der Waals surface area contributed by atoms with Gasteiger partial charge in [0.25, 0.3) is 0 Å². The molecule has 0 aromatic heterocycles. The number of hydrogen-bond donors (Lipinski definition) is 0. The Labute approximate surface area is 65.5 Å². The topological polar surface area (TPSA) is 40.1 Å². The van der Waals surface area contributed by atoms with Crippen LogP contribution in [0.3, 0.4) is 0 Å². The average molecular weight is 149 g/mol. The van der Waals surface area contributed by atoms with Gasteiger partial charge in [-0.05, 0) is 25.0 Å². The third kappa shape index (κ3) is 1.40. The number of aryl methyl sites for hydroxylation is 1. The molecule has 0 aliphatic heterocycles. The molecule has 1 aromatic rings. The summed E-state index contributed by atoms with van der Waals surface area (Å²) in [5.41, 5.74) is 2.05. The summed E-state index contributed by atoms with van der Waals surface area (Å²) >= 11 is 0. The molecule has 0 bridgehead atoms. The van der Waals surface area contributed by atoms with Crippen molar-refractivity contribution in [2.45, 2.75) is 13.8 Å². The van der Waals surface area contributed by atoms with Crippen LogP contribution in [-0.2, 0) is 0 Å². The van der Waals surface area contributed by atoms with Crippen molar-refractivity contribution in [3.63, 3.8) is 0 Å². The van der Waals surface area contributed by atoms with Gasteiger partial charge in [-0.15, -0.1) is 0 Å². The highest BCUT2D eigenvalue weighted by atomic mass is 16.4. The number of hydrogen-bond acceptors (Lipinski definition) is 2. The summed E-state index contributed by atoms with van der Waals surface area (Å²) in [5, 5.41) is 10.5. The average Bonchev–Trinajstić information content (AvgIpc) is 1.94. The number of carbonyl (C=O) groups excluding carboxylic acids is 1. The van der Waals surface area contributed by atoms with E-state index >= 15 is 0 Å². The van der Waals surface area contributed by atoms with Crippen LogP contribution >= 0.6 is 0 Å². The number of aromatic carboxylic acids is 1. The molecule has 58 valence electrons. The SMILES string of the molecule is Cc1cccc(C(=O)[O-])c1C. The molecule has 0 heterocycles. The minimum Gasteiger partial charge on any atom is -0.545 e. The van der Waals surface area contributed by atoms with Crippen molar-refractivity contribution in [3.05, 3.63) is 34.9 Å². The van der Waals surface area contributed by atoms with Gasteiger partial charge < -0.3 is 9.90 Å². The lowest BCUT2D eigenvalue weighted by Crippen LogP contribution is -2.23. The fourth-order valence-electron chi connectivity index (χ4n) is 0.972. The Kier molecular flexibility index (Phi) is 1.94. The van der Waals surface area contributed by atoms with Crippen LogP contribution < -0.4 is 5.11 Å². The maximum Gasteiger partial charge on any atom is 0.0718 e. The van der Waals surface area contributed by atoms with Gasteiger partial charge in [-0.3, -0.25) is 0 Å². The summed E-state index contributed by atoms with van der Waals surface area (Å²) in [5.74, 6) is -1.11. The Morgan fingerprint density at radius 2 is 2.00 bits per heavy atom. The van der Waals surface area contributed by atoms with Gasteiger partial charge in [0.05, 0.1) is 5.97 Å². The van der Waals surface area contributed by atoms with E-state index in [2.05, 4.69) is 0 Å². The third-order valence-corrected chi connectivity index (χ3v) is 1.82. The first-order chi connectivity index (χ1) is 5.13. The van der Waals surface area contributed by atoms with Crippen molar-refractivity contribution in [1.82, 2.24) is 0 Å². The molecule has 11 heavy (non-hydrogen) atoms. The van der Waals surface area contributed by atoms with E-state index in [0.29, 0.717) is 0 Å². The molecule has 0 atom stereocenters. The van der Waals surface area contributed by atoms with Gasteiger partial charge in [-0.25, -0.2) is 0 Å². The normalized spacial score (nSPS) is 9.64. The minimum atomic E-state index is -1.11. The Morgan fingerprint density at radius 1 is 1.36 bits per heavy atom. The van der Waals surface area contributed by atoms with E-state index in [4.69, 9.17) is 0 Å². The first kappa shape index (κ1) is 7.79. The fraction of sp³-hybridized carbons (Fsp3) is 0.222. The van der Waals surface area contributed by atoms with Crippen LogP contribution in [-0.4, -0.2) is 5.97 Å². The molecule has 0 aliphatic carbocycles. The molecule has 0 spiro atoms. The summed E-state index contributed by atoms with van der Waals surface area (Å²) in [4.78, 5) is 10.5. The molecule has 2 heteroatoms. The second-order valence-corrected chi connectivity index (χ2v) is 2.53. The zero-order valence-electron chi connectivity index (χ0n) is 6.55. The van der Waals surface area contributed by atoms with Gasteiger partial charge >= 0.3 is 0 Å². The number of benzene rings is 1. The predicted molar refractivity (Wildman–Crippen MR) is 40.2 cm³/mol. The first-order valence-electron chi connectivity index (χ1n) is 3.40. The predicted octanol–water partition coefficient (Wildman–Crippen LogP) is 0.667. The van der Waals surface area contributed by atoms with Gasteiger partial charge in [0.15, 0.2) is 0 Å². The van der Waals surface area contributed by atoms with E-state index in [-0.39, 0.29) is 5.56 Å². The number of carbonyl (C=O) groups is 1. The molecule has 0 radical (unpaired) electrons. The number of carboxylic acids is 1. The quantitative estimate of drug-likeness (QED) is 0.588. The Balaban J connectivity index is 3.27. The summed E-state index contributed by atoms with van der Waals surface area (Å²) in [7, 11) is 0. The van der Waals surface area contributed by atoms with Gasteiger partial charge in [0.2, 0.25) is 0 Å². The molecule has 0 aliphatic rings. The lowest BCUT2D eigenvalue weighted by atomic mass is 10.0. The molecule has 1 rings (SSSR count). The Hall–Kier alpha value is -1.31. The van der Waals surface area contributed by atoms with Crippen molar-refractivity contribution < 1.29 is 9.90 Å². The molecule has 0 saturated heterocycles. The maximum atomic E-state index is 10.5. The first-order valence-corrected chi connectivity index (χ1v) is 3.40. The lowest BCUT2D eigenvalue weighted by molar-refractivity contribution is -0.255. The van der Waals surface area contributed by atoms with Crippen LogP contribution in [0.1, 0.15) is 21.5 Å². The van der Waals surface area contributed by atoms with Crippen LogP contribution in [0.2, 0.25) is 0 Å². The minimum absolute atomic E-state index is 0.282. The Bertz CT molecular complexity index is 290. The van der Waals surface area contributed by atoms with Crippen LogP contribution in [0, 0.1) is 13.8 Å². The van der Waals surface area contributed by atoms with E-state index < -0.39 is 5.97 Å². The van der Waals surface area contributed by atoms with Gasteiger partial charge in [0, 0.05) is 5.56 Å². The van der Waals surface area contributed by atoms with E-state index in [1.807, 2.05) is 13.0 Å². The van der Waals surface area contributed by atoms with Crippen LogP contribution in [0.5, 0.6) is 0 Å². The molecule has 0 unspecified atom stereocenters. The zero-order valence-corrected chi connectivity index (χ0v) is 6.55. The van der Waals surface area contributed by atoms with Crippen molar-refractivity contribution in [2.75, 3.05) is 0 Å². The summed E-state index contributed by atoms with van der Waals surface area (Å²) in [6.45, 7) is 3.66. The molecule has 1 aromatic carbocycles. The summed E-state index contributed by atoms with van der Waals surface area (Å²) in [6.07, 6.45) is 0. The second-order valence-electron chi connectivity index (χ2n) is 2.53. The highest BCUT2D eigenvalue weighted by Gasteiger charge is 1.99. The summed E-state index contributed by atoms with van der Waals surface area (Å²) in [6, 6.07) is 5.15. The van der Waals surface area contributed by atoms with Gasteiger partial charge in [-0.1, -0.05) is 18.2 Å². The van der Waals surface area contributed by atoms with E-state index in [1.54, 1.807) is 19.1 Å². The highest BCUT2D eigenvalue weighted by molar-refractivity contribution is 5.87. The zero-order chi connectivity index (χ0) is 8.43. The molecule has 0 N–H and O–H groups in total. The fourth-order valence-corrected chi connectivity index (χ4v) is 0.972. The molecule has 0 fully saturated rings. The molecule has 0 amide bonds. The number of rotatable bonds is 1. The van der Waals surface area contributed by atoms with Gasteiger partial charge in [0.1, 0.15) is 0 Å². The van der Waals surface area contributed by atoms with Crippen molar-refractivity contribution in [1.29, 1.82) is 0 Å². The monoisotopic (exact) mass is 149 g/mol. The molecule has 2 nitrogen and oxygen atoms in total. The smallest absolute Gasteiger partial charge is 0.0718 e. The molecular formula is C9H9O2-. The van der Waals surface area contributed by atoms with Crippen LogP contribution in [0.4, 0.5) is 0 Å². The van der Waals surface area contributed by atoms with E-state index in [0.717, 1.165) is 11.1 Å². The Morgan fingerprint density at radius 3 is 2.45 bits per heavy atom. The summed E-state index contributed by atoms with van der Waals surface area (Å²) < 4.78 is 0. The molecule has 0 saturated carbocycles. The van der Waals surface area contributed by atoms with Gasteiger partial charge in [-0.2, -0.15) is 0 Å². The van der Waals surface area contributed by atoms with Crippen LogP contribution in [0.15, 0.2) is 18.2 Å². The van der Waals surface area contributed by atoms with Crippen molar-refractivity contribution >= 4 is 5.97 Å². The second kappa shape index (κ2) is 2.74. The van der Waals surface area contributed by atoms with Crippen molar-refractivity contribution in [2.24, 2.45) is 0 Å². The highest BCUT2D eigenvalue weighted by Crippen LogP contribution is 2.10. The van der Waals surface area contributed by atoms with E-state index in [1.165, 1.54) is 0 Å². The number of carboxylic acid groups (broad SMARTS) is 1. The molecular weight excluding hydrogens is 140 g/mol. The van der Waals surface area contributed by atoms with Crippen molar-refractivity contribution in [3.8, 4) is 0 Å². The largest absolute Gasteiger partial charge is 0.545 e. The third-order valence-electron chi connectivity index (χ3n) is 1.82. The van der Waals surface area contributed by atoms with Crippen LogP contribution in [0.25, 0.3) is 0 Å².